The summed E-state index contributed by atoms with van der Waals surface area (Å²) in [4.78, 5) is 51.4. The lowest BCUT2D eigenvalue weighted by atomic mass is 9.80. The van der Waals surface area contributed by atoms with E-state index in [2.05, 4.69) is 5.32 Å². The second kappa shape index (κ2) is 12.5. The lowest BCUT2D eigenvalue weighted by Gasteiger charge is -2.30. The van der Waals surface area contributed by atoms with Gasteiger partial charge in [-0.1, -0.05) is 30.9 Å². The smallest absolute Gasteiger partial charge is 0.267 e. The number of hydrogen-bond donors (Lipinski definition) is 2. The fourth-order valence-electron chi connectivity index (χ4n) is 4.81. The quantitative estimate of drug-likeness (QED) is 0.317. The second-order valence-electron chi connectivity index (χ2n) is 10.2. The van der Waals surface area contributed by atoms with E-state index in [4.69, 9.17) is 16.3 Å². The molecule has 222 valence electrons. The normalized spacial score (nSPS) is 14.0. The first-order valence-corrected chi connectivity index (χ1v) is 15.3. The van der Waals surface area contributed by atoms with Crippen molar-refractivity contribution in [2.45, 2.75) is 38.6 Å². The van der Waals surface area contributed by atoms with Crippen LogP contribution < -0.4 is 20.3 Å². The third-order valence-electron chi connectivity index (χ3n) is 7.09. The zero-order valence-corrected chi connectivity index (χ0v) is 24.6. The molecule has 0 aliphatic heterocycles. The number of aromatic nitrogens is 1. The highest BCUT2D eigenvalue weighted by Crippen LogP contribution is 2.37. The molecule has 1 aromatic heterocycles. The summed E-state index contributed by atoms with van der Waals surface area (Å²) in [7, 11) is -2.51. The van der Waals surface area contributed by atoms with Crippen LogP contribution in [0.5, 0.6) is 5.75 Å². The molecule has 1 saturated carbocycles. The van der Waals surface area contributed by atoms with Crippen LogP contribution in [0.25, 0.3) is 11.1 Å². The lowest BCUT2D eigenvalue weighted by Crippen LogP contribution is -2.35. The van der Waals surface area contributed by atoms with Crippen LogP contribution in [0.1, 0.15) is 59.4 Å². The fourth-order valence-corrected chi connectivity index (χ4v) is 5.43. The van der Waals surface area contributed by atoms with Crippen LogP contribution >= 0.6 is 11.6 Å². The number of halogens is 2. The minimum atomic E-state index is -3.91. The predicted octanol–water partition coefficient (Wildman–Crippen LogP) is 4.58. The molecule has 0 saturated heterocycles. The van der Waals surface area contributed by atoms with Gasteiger partial charge in [0, 0.05) is 27.9 Å². The van der Waals surface area contributed by atoms with Gasteiger partial charge in [-0.05, 0) is 61.2 Å². The highest BCUT2D eigenvalue weighted by atomic mass is 35.5. The summed E-state index contributed by atoms with van der Waals surface area (Å²) in [5.41, 5.74) is 0.0412. The van der Waals surface area contributed by atoms with Gasteiger partial charge in [0.05, 0.1) is 25.1 Å². The average Bonchev–Trinajstić information content (AvgIpc) is 2.87. The molecular formula is C29H29ClFN3O7S. The molecule has 1 aliphatic carbocycles. The topological polar surface area (TPSA) is 141 Å². The van der Waals surface area contributed by atoms with E-state index >= 15 is 0 Å². The molecule has 0 spiro atoms. The predicted molar refractivity (Wildman–Crippen MR) is 156 cm³/mol. The van der Waals surface area contributed by atoms with E-state index in [1.165, 1.54) is 36.9 Å². The van der Waals surface area contributed by atoms with Gasteiger partial charge < -0.3 is 10.1 Å². The Balaban J connectivity index is 1.70. The molecule has 1 fully saturated rings. The van der Waals surface area contributed by atoms with Crippen molar-refractivity contribution < 1.29 is 31.9 Å². The number of ketones is 1. The fraction of sp³-hybridized carbons (Fsp3) is 0.310. The second-order valence-corrected chi connectivity index (χ2v) is 12.4. The Kier molecular flexibility index (Phi) is 9.17. The van der Waals surface area contributed by atoms with Gasteiger partial charge in [-0.3, -0.25) is 23.7 Å². The van der Waals surface area contributed by atoms with E-state index in [1.807, 2.05) is 0 Å². The number of hydrogen-bond acceptors (Lipinski definition) is 7. The minimum Gasteiger partial charge on any atom is -0.495 e. The van der Waals surface area contributed by atoms with E-state index in [0.717, 1.165) is 37.7 Å². The first-order valence-electron chi connectivity index (χ1n) is 13.0. The molecule has 2 amide bonds. The van der Waals surface area contributed by atoms with Gasteiger partial charge in [-0.2, -0.15) is 0 Å². The molecular weight excluding hydrogens is 589 g/mol. The number of carbonyl (C=O) groups excluding carboxylic acids is 3. The first-order chi connectivity index (χ1) is 19.8. The molecule has 1 atom stereocenters. The highest BCUT2D eigenvalue weighted by molar-refractivity contribution is 7.89. The van der Waals surface area contributed by atoms with Crippen molar-refractivity contribution in [3.63, 3.8) is 0 Å². The van der Waals surface area contributed by atoms with Crippen LogP contribution in [0.2, 0.25) is 5.02 Å². The van der Waals surface area contributed by atoms with Crippen LogP contribution in [-0.4, -0.2) is 43.9 Å². The van der Waals surface area contributed by atoms with E-state index < -0.39 is 44.8 Å². The molecule has 13 heteroatoms. The Labute approximate surface area is 246 Å². The van der Waals surface area contributed by atoms with Gasteiger partial charge in [-0.25, -0.2) is 17.5 Å². The van der Waals surface area contributed by atoms with E-state index in [0.29, 0.717) is 28.1 Å². The standard InChI is InChI=1S/C29H29ClFN3O7S/c1-16(35)20-9-7-18(30)12-22(20)23-14-27(36)34(15-26(23)41-2)25(11-17-5-4-6-17)29(38)32-19-8-10-21(24(31)13-19)28(37)33-42(3,39)40/h7-10,12-15,17,25H,4-6,11H2,1-3H3,(H,32,38)(H,33,37)/t25-/m0/s1. The van der Waals surface area contributed by atoms with Crippen molar-refractivity contribution in [3.8, 4) is 16.9 Å². The maximum atomic E-state index is 14.7. The summed E-state index contributed by atoms with van der Waals surface area (Å²) in [6.45, 7) is 1.40. The van der Waals surface area contributed by atoms with E-state index in [9.17, 15) is 32.0 Å². The number of methoxy groups -OCH3 is 1. The van der Waals surface area contributed by atoms with Crippen LogP contribution in [0.4, 0.5) is 10.1 Å². The van der Waals surface area contributed by atoms with Gasteiger partial charge in [0.15, 0.2) is 5.78 Å². The molecule has 42 heavy (non-hydrogen) atoms. The summed E-state index contributed by atoms with van der Waals surface area (Å²) in [5.74, 6) is -2.61. The maximum absolute atomic E-state index is 14.7. The van der Waals surface area contributed by atoms with Crippen molar-refractivity contribution in [1.82, 2.24) is 9.29 Å². The lowest BCUT2D eigenvalue weighted by molar-refractivity contribution is -0.120. The SMILES string of the molecule is COc1cn([C@@H](CC2CCC2)C(=O)Nc2ccc(C(=O)NS(C)(=O)=O)c(F)c2)c(=O)cc1-c1cc(Cl)ccc1C(C)=O. The number of pyridine rings is 1. The van der Waals surface area contributed by atoms with Gasteiger partial charge in [0.1, 0.15) is 17.6 Å². The Morgan fingerprint density at radius 1 is 1.10 bits per heavy atom. The number of nitrogens with one attached hydrogen (secondary N) is 2. The Morgan fingerprint density at radius 3 is 2.36 bits per heavy atom. The summed E-state index contributed by atoms with van der Waals surface area (Å²) < 4.78 is 45.9. The van der Waals surface area contributed by atoms with Crippen LogP contribution in [0.3, 0.4) is 0 Å². The van der Waals surface area contributed by atoms with Crippen LogP contribution in [0, 0.1) is 11.7 Å². The number of nitrogens with zero attached hydrogens (tertiary/aromatic N) is 1. The molecule has 10 nitrogen and oxygen atoms in total. The van der Waals surface area contributed by atoms with Gasteiger partial charge in [0.2, 0.25) is 15.9 Å². The van der Waals surface area contributed by atoms with Crippen molar-refractivity contribution in [1.29, 1.82) is 0 Å². The third kappa shape index (κ3) is 7.05. The number of ether oxygens (including phenoxy) is 1. The van der Waals surface area contributed by atoms with Crippen LogP contribution in [0.15, 0.2) is 53.5 Å². The van der Waals surface area contributed by atoms with Crippen LogP contribution in [-0.2, 0) is 14.8 Å². The average molecular weight is 618 g/mol. The van der Waals surface area contributed by atoms with Gasteiger partial charge in [0.25, 0.3) is 11.5 Å². The molecule has 0 unspecified atom stereocenters. The Bertz CT molecular complexity index is 1740. The number of carbonyl (C=O) groups is 3. The largest absolute Gasteiger partial charge is 0.495 e. The molecule has 3 aromatic rings. The van der Waals surface area contributed by atoms with Gasteiger partial charge >= 0.3 is 0 Å². The zero-order valence-electron chi connectivity index (χ0n) is 23.1. The molecule has 0 bridgehead atoms. The summed E-state index contributed by atoms with van der Waals surface area (Å²) in [6.07, 6.45) is 5.28. The molecule has 0 radical (unpaired) electrons. The van der Waals surface area contributed by atoms with Gasteiger partial charge in [-0.15, -0.1) is 0 Å². The van der Waals surface area contributed by atoms with E-state index in [1.54, 1.807) is 22.9 Å². The monoisotopic (exact) mass is 617 g/mol. The first kappa shape index (κ1) is 30.9. The number of sulfonamides is 1. The number of amides is 2. The van der Waals surface area contributed by atoms with Crippen molar-refractivity contribution in [2.75, 3.05) is 18.7 Å². The summed E-state index contributed by atoms with van der Waals surface area (Å²) in [5, 5.41) is 2.96. The van der Waals surface area contributed by atoms with Crippen molar-refractivity contribution >= 4 is 44.9 Å². The third-order valence-corrected chi connectivity index (χ3v) is 7.89. The van der Waals surface area contributed by atoms with Crippen molar-refractivity contribution in [3.05, 3.63) is 81.0 Å². The number of rotatable bonds is 10. The minimum absolute atomic E-state index is 0.00803. The van der Waals surface area contributed by atoms with E-state index in [-0.39, 0.29) is 23.1 Å². The Morgan fingerprint density at radius 2 is 1.79 bits per heavy atom. The summed E-state index contributed by atoms with van der Waals surface area (Å²) in [6, 6.07) is 8.19. The molecule has 1 aliphatic rings. The molecule has 4 rings (SSSR count). The number of benzene rings is 2. The van der Waals surface area contributed by atoms with Crippen molar-refractivity contribution in [2.24, 2.45) is 5.92 Å². The number of Topliss-reactive ketones (excluding diaryl/α,β-unsaturated/α-hetero) is 1. The highest BCUT2D eigenvalue weighted by Gasteiger charge is 2.30. The summed E-state index contributed by atoms with van der Waals surface area (Å²) >= 11 is 6.19. The zero-order chi connectivity index (χ0) is 30.8. The Hall–Kier alpha value is -4.03. The molecule has 1 heterocycles. The maximum Gasteiger partial charge on any atom is 0.267 e. The molecule has 2 N–H and O–H groups in total. The number of anilines is 1. The molecule has 2 aromatic carbocycles.